The highest BCUT2D eigenvalue weighted by Gasteiger charge is 2.53. The van der Waals surface area contributed by atoms with E-state index in [0.29, 0.717) is 13.2 Å². The van der Waals surface area contributed by atoms with Gasteiger partial charge in [-0.3, -0.25) is 19.0 Å². The van der Waals surface area contributed by atoms with Crippen molar-refractivity contribution in [3.63, 3.8) is 0 Å². The molecule has 1 fully saturated rings. The van der Waals surface area contributed by atoms with Gasteiger partial charge in [0, 0.05) is 32.5 Å². The molecule has 0 bridgehead atoms. The number of aromatic nitrogens is 1. The number of rotatable bonds is 10. The Morgan fingerprint density at radius 1 is 1.19 bits per heavy atom. The summed E-state index contributed by atoms with van der Waals surface area (Å²) >= 11 is 1.19. The molecule has 3 amide bonds. The number of nitrogens with zero attached hydrogens (tertiary/aromatic N) is 1. The van der Waals surface area contributed by atoms with Crippen LogP contribution in [0.25, 0.3) is 21.3 Å². The summed E-state index contributed by atoms with van der Waals surface area (Å²) in [5, 5.41) is 14.8. The average molecular weight is 599 g/mol. The lowest BCUT2D eigenvalue weighted by Gasteiger charge is -2.48. The molecular formula is C30H38N4O7S. The third-order valence-electron chi connectivity index (χ3n) is 7.86. The monoisotopic (exact) mass is 598 g/mol. The lowest BCUT2D eigenvalue weighted by atomic mass is 9.66. The highest BCUT2D eigenvalue weighted by atomic mass is 32.1. The highest BCUT2D eigenvalue weighted by Crippen LogP contribution is 2.40. The maximum Gasteiger partial charge on any atom is 0.405 e. The van der Waals surface area contributed by atoms with E-state index in [-0.39, 0.29) is 30.9 Å². The van der Waals surface area contributed by atoms with Crippen LogP contribution in [0.1, 0.15) is 32.8 Å². The highest BCUT2D eigenvalue weighted by molar-refractivity contribution is 7.16. The molecule has 3 aromatic rings. The maximum absolute atomic E-state index is 13.7. The van der Waals surface area contributed by atoms with Crippen molar-refractivity contribution in [2.45, 2.75) is 51.7 Å². The molecule has 5 N–H and O–H groups in total. The Morgan fingerprint density at radius 2 is 1.88 bits per heavy atom. The zero-order chi connectivity index (χ0) is 30.7. The van der Waals surface area contributed by atoms with E-state index in [1.807, 2.05) is 63.2 Å². The Hall–Kier alpha value is -3.74. The van der Waals surface area contributed by atoms with Gasteiger partial charge in [-0.25, -0.2) is 4.79 Å². The van der Waals surface area contributed by atoms with Crippen molar-refractivity contribution in [1.29, 1.82) is 0 Å². The molecule has 1 aliphatic heterocycles. The normalized spacial score (nSPS) is 19.8. The standard InChI is InChI=1S/C30H38N4O7S/c1-29(2,3)24-17-41-13-11-30(24,33-27(37)38)26(36)32-21(25(31)35)15-18-5-7-19(8-6-18)20-9-10-23-22(16-20)34(12-14-40-4)28(39)42-23/h5-10,16,21,24,33H,11-15,17H2,1-4H3,(H2,31,35)(H,32,36)(H,37,38). The molecule has 2 aromatic carbocycles. The SMILES string of the molecule is COCCn1c(=O)sc2ccc(-c3ccc(CC(NC(=O)C4(NC(=O)O)CCOCC4C(C)(C)C)C(N)=O)cc3)cc21. The molecule has 4 rings (SSSR count). The number of hydrogen-bond donors (Lipinski definition) is 4. The third kappa shape index (κ3) is 6.66. The van der Waals surface area contributed by atoms with Gasteiger partial charge in [-0.15, -0.1) is 0 Å². The smallest absolute Gasteiger partial charge is 0.405 e. The van der Waals surface area contributed by atoms with E-state index in [1.54, 1.807) is 11.7 Å². The number of carbonyl (C=O) groups excluding carboxylic acids is 2. The van der Waals surface area contributed by atoms with Crippen LogP contribution in [0.2, 0.25) is 0 Å². The van der Waals surface area contributed by atoms with Gasteiger partial charge in [0.25, 0.3) is 0 Å². The maximum atomic E-state index is 13.7. The van der Waals surface area contributed by atoms with E-state index in [9.17, 15) is 24.3 Å². The quantitative estimate of drug-likeness (QED) is 0.279. The zero-order valence-corrected chi connectivity index (χ0v) is 25.1. The third-order valence-corrected chi connectivity index (χ3v) is 8.82. The molecule has 226 valence electrons. The lowest BCUT2D eigenvalue weighted by molar-refractivity contribution is -0.143. The molecule has 12 heteroatoms. The number of carboxylic acid groups (broad SMARTS) is 1. The second-order valence-corrected chi connectivity index (χ2v) is 12.7. The van der Waals surface area contributed by atoms with Crippen LogP contribution in [0.3, 0.4) is 0 Å². The minimum Gasteiger partial charge on any atom is -0.465 e. The molecule has 2 heterocycles. The van der Waals surface area contributed by atoms with Crippen molar-refractivity contribution in [3.8, 4) is 11.1 Å². The Balaban J connectivity index is 1.55. The largest absolute Gasteiger partial charge is 0.465 e. The van der Waals surface area contributed by atoms with Crippen LogP contribution in [0.4, 0.5) is 4.79 Å². The molecule has 0 saturated carbocycles. The van der Waals surface area contributed by atoms with E-state index >= 15 is 0 Å². The second kappa shape index (κ2) is 12.6. The molecule has 1 saturated heterocycles. The van der Waals surface area contributed by atoms with Crippen molar-refractivity contribution in [2.75, 3.05) is 26.9 Å². The van der Waals surface area contributed by atoms with Gasteiger partial charge in [0.1, 0.15) is 11.6 Å². The number of methoxy groups -OCH3 is 1. The van der Waals surface area contributed by atoms with Crippen LogP contribution in [0, 0.1) is 11.3 Å². The minimum absolute atomic E-state index is 0.0380. The van der Waals surface area contributed by atoms with Crippen LogP contribution in [0.5, 0.6) is 0 Å². The van der Waals surface area contributed by atoms with Crippen LogP contribution in [0.15, 0.2) is 47.3 Å². The first kappa shape index (κ1) is 31.2. The number of benzene rings is 2. The van der Waals surface area contributed by atoms with Gasteiger partial charge in [-0.1, -0.05) is 62.4 Å². The zero-order valence-electron chi connectivity index (χ0n) is 24.3. The number of nitrogens with one attached hydrogen (secondary N) is 2. The van der Waals surface area contributed by atoms with Crippen molar-refractivity contribution in [3.05, 3.63) is 57.7 Å². The fourth-order valence-corrected chi connectivity index (χ4v) is 6.52. The van der Waals surface area contributed by atoms with Crippen LogP contribution >= 0.6 is 11.3 Å². The molecule has 11 nitrogen and oxygen atoms in total. The number of nitrogens with two attached hydrogens (primary N) is 1. The number of ether oxygens (including phenoxy) is 2. The predicted octanol–water partition coefficient (Wildman–Crippen LogP) is 2.98. The number of primary amides is 1. The number of thiazole rings is 1. The molecule has 1 aromatic heterocycles. The summed E-state index contributed by atoms with van der Waals surface area (Å²) in [5.41, 5.74) is 7.19. The first-order chi connectivity index (χ1) is 19.9. The van der Waals surface area contributed by atoms with E-state index in [4.69, 9.17) is 15.2 Å². The Kier molecular flexibility index (Phi) is 9.39. The lowest BCUT2D eigenvalue weighted by Crippen LogP contribution is -2.69. The summed E-state index contributed by atoms with van der Waals surface area (Å²) in [6.07, 6.45) is -1.08. The molecule has 0 aliphatic carbocycles. The summed E-state index contributed by atoms with van der Waals surface area (Å²) in [6, 6.07) is 12.3. The van der Waals surface area contributed by atoms with E-state index in [1.165, 1.54) is 11.3 Å². The molecule has 42 heavy (non-hydrogen) atoms. The number of fused-ring (bicyclic) bond motifs is 1. The predicted molar refractivity (Wildman–Crippen MR) is 160 cm³/mol. The van der Waals surface area contributed by atoms with Gasteiger partial charge in [0.05, 0.1) is 30.0 Å². The summed E-state index contributed by atoms with van der Waals surface area (Å²) in [4.78, 5) is 50.4. The summed E-state index contributed by atoms with van der Waals surface area (Å²) in [5.74, 6) is -1.81. The first-order valence-corrected chi connectivity index (χ1v) is 14.6. The van der Waals surface area contributed by atoms with Crippen LogP contribution in [-0.4, -0.2) is 66.1 Å². The molecule has 0 radical (unpaired) electrons. The Bertz CT molecular complexity index is 1510. The fourth-order valence-electron chi connectivity index (χ4n) is 5.62. The molecular weight excluding hydrogens is 560 g/mol. The van der Waals surface area contributed by atoms with E-state index in [2.05, 4.69) is 10.6 Å². The van der Waals surface area contributed by atoms with Gasteiger partial charge in [-0.2, -0.15) is 0 Å². The summed E-state index contributed by atoms with van der Waals surface area (Å²) < 4.78 is 13.4. The molecule has 0 spiro atoms. The van der Waals surface area contributed by atoms with Crippen molar-refractivity contribution < 1.29 is 29.0 Å². The summed E-state index contributed by atoms with van der Waals surface area (Å²) in [7, 11) is 1.60. The van der Waals surface area contributed by atoms with Crippen LogP contribution < -0.4 is 21.2 Å². The molecule has 1 aliphatic rings. The average Bonchev–Trinajstić information content (AvgIpc) is 3.24. The van der Waals surface area contributed by atoms with Gasteiger partial charge < -0.3 is 30.9 Å². The van der Waals surface area contributed by atoms with E-state index < -0.39 is 40.8 Å². The Morgan fingerprint density at radius 3 is 2.50 bits per heavy atom. The first-order valence-electron chi connectivity index (χ1n) is 13.8. The van der Waals surface area contributed by atoms with Gasteiger partial charge in [0.2, 0.25) is 11.8 Å². The topological polar surface area (TPSA) is 162 Å². The minimum atomic E-state index is -1.48. The van der Waals surface area contributed by atoms with Gasteiger partial charge in [-0.05, 0) is 34.2 Å². The number of hydrogen-bond acceptors (Lipinski definition) is 7. The van der Waals surface area contributed by atoms with Crippen LogP contribution in [-0.2, 0) is 32.0 Å². The molecule has 3 atom stereocenters. The number of amides is 3. The Labute approximate surface area is 248 Å². The van der Waals surface area contributed by atoms with Crippen molar-refractivity contribution in [2.24, 2.45) is 17.1 Å². The van der Waals surface area contributed by atoms with E-state index in [0.717, 1.165) is 26.9 Å². The fraction of sp³-hybridized carbons (Fsp3) is 0.467. The van der Waals surface area contributed by atoms with Gasteiger partial charge >= 0.3 is 11.0 Å². The van der Waals surface area contributed by atoms with Crippen molar-refractivity contribution in [1.82, 2.24) is 15.2 Å². The summed E-state index contributed by atoms with van der Waals surface area (Å²) in [6.45, 7) is 7.03. The van der Waals surface area contributed by atoms with Crippen molar-refractivity contribution >= 4 is 39.5 Å². The van der Waals surface area contributed by atoms with Gasteiger partial charge in [0.15, 0.2) is 0 Å². The molecule has 3 unspecified atom stereocenters. The number of carbonyl (C=O) groups is 3. The second-order valence-electron chi connectivity index (χ2n) is 11.7.